The van der Waals surface area contributed by atoms with Crippen molar-refractivity contribution < 1.29 is 12.8 Å². The highest BCUT2D eigenvalue weighted by atomic mass is 32.2. The van der Waals surface area contributed by atoms with Crippen LogP contribution in [-0.2, 0) is 15.4 Å². The molecule has 0 aliphatic carbocycles. The predicted octanol–water partition coefficient (Wildman–Crippen LogP) is 4.11. The van der Waals surface area contributed by atoms with E-state index in [4.69, 9.17) is 0 Å². The first-order chi connectivity index (χ1) is 12.2. The molecule has 0 radical (unpaired) electrons. The van der Waals surface area contributed by atoms with Gasteiger partial charge in [0.2, 0.25) is 0 Å². The molecule has 26 heavy (non-hydrogen) atoms. The van der Waals surface area contributed by atoms with E-state index in [1.807, 2.05) is 51.1 Å². The van der Waals surface area contributed by atoms with Crippen LogP contribution in [-0.4, -0.2) is 18.2 Å². The number of hydrogen-bond acceptors (Lipinski definition) is 3. The second-order valence-corrected chi connectivity index (χ2v) is 8.64. The molecule has 2 aromatic carbocycles. The van der Waals surface area contributed by atoms with Gasteiger partial charge in [-0.2, -0.15) is 5.10 Å². The smallest absolute Gasteiger partial charge is 0.265 e. The van der Waals surface area contributed by atoms with Crippen LogP contribution in [0.25, 0.3) is 5.69 Å². The lowest BCUT2D eigenvalue weighted by molar-refractivity contribution is 0.543. The predicted molar refractivity (Wildman–Crippen MR) is 99.5 cm³/mol. The number of anilines is 1. The van der Waals surface area contributed by atoms with Crippen molar-refractivity contribution in [2.24, 2.45) is 0 Å². The molecule has 0 saturated heterocycles. The zero-order chi connectivity index (χ0) is 18.9. The minimum atomic E-state index is -3.88. The van der Waals surface area contributed by atoms with Gasteiger partial charge < -0.3 is 0 Å². The first-order valence-electron chi connectivity index (χ1n) is 8.11. The van der Waals surface area contributed by atoms with Crippen molar-refractivity contribution in [3.63, 3.8) is 0 Å². The Morgan fingerprint density at radius 1 is 1.00 bits per heavy atom. The van der Waals surface area contributed by atoms with Crippen LogP contribution in [0.1, 0.15) is 26.5 Å². The first-order valence-corrected chi connectivity index (χ1v) is 9.59. The number of aromatic nitrogens is 2. The Morgan fingerprint density at radius 3 is 2.19 bits per heavy atom. The van der Waals surface area contributed by atoms with Gasteiger partial charge in [-0.25, -0.2) is 17.5 Å². The van der Waals surface area contributed by atoms with Crippen LogP contribution in [0, 0.1) is 5.82 Å². The van der Waals surface area contributed by atoms with E-state index in [0.717, 1.165) is 5.69 Å². The molecule has 136 valence electrons. The molecule has 5 nitrogen and oxygen atoms in total. The quantitative estimate of drug-likeness (QED) is 0.748. The molecule has 0 atom stereocenters. The lowest BCUT2D eigenvalue weighted by atomic mass is 9.92. The molecule has 3 aromatic rings. The average Bonchev–Trinajstić information content (AvgIpc) is 3.04. The molecule has 0 amide bonds. The zero-order valence-electron chi connectivity index (χ0n) is 14.8. The molecule has 1 N–H and O–H groups in total. The van der Waals surface area contributed by atoms with Gasteiger partial charge in [0, 0.05) is 11.1 Å². The molecule has 7 heteroatoms. The summed E-state index contributed by atoms with van der Waals surface area (Å²) in [5, 5.41) is 4.51. The molecule has 3 rings (SSSR count). The fourth-order valence-electron chi connectivity index (χ4n) is 2.52. The number of benzene rings is 2. The van der Waals surface area contributed by atoms with Crippen molar-refractivity contribution in [2.45, 2.75) is 31.1 Å². The minimum Gasteiger partial charge on any atom is -0.280 e. The topological polar surface area (TPSA) is 64.0 Å². The maximum atomic E-state index is 13.1. The second kappa shape index (κ2) is 6.57. The molecule has 1 aromatic heterocycles. The number of nitrogens with zero attached hydrogens (tertiary/aromatic N) is 2. The Hall–Kier alpha value is -2.67. The fraction of sp³-hybridized carbons (Fsp3) is 0.211. The highest BCUT2D eigenvalue weighted by molar-refractivity contribution is 7.92. The molecule has 0 unspecified atom stereocenters. The van der Waals surface area contributed by atoms with Crippen molar-refractivity contribution in [2.75, 3.05) is 4.72 Å². The van der Waals surface area contributed by atoms with E-state index < -0.39 is 21.3 Å². The van der Waals surface area contributed by atoms with Gasteiger partial charge in [-0.15, -0.1) is 0 Å². The summed E-state index contributed by atoms with van der Waals surface area (Å²) in [5.41, 5.74) is 1.03. The largest absolute Gasteiger partial charge is 0.280 e. The summed E-state index contributed by atoms with van der Waals surface area (Å²) >= 11 is 0. The molecular formula is C19H20FN3O2S. The molecule has 0 aliphatic heterocycles. The Labute approximate surface area is 152 Å². The van der Waals surface area contributed by atoms with E-state index in [0.29, 0.717) is 11.4 Å². The van der Waals surface area contributed by atoms with Gasteiger partial charge in [0.25, 0.3) is 10.0 Å². The van der Waals surface area contributed by atoms with Gasteiger partial charge in [0.1, 0.15) is 10.7 Å². The van der Waals surface area contributed by atoms with E-state index in [9.17, 15) is 12.8 Å². The van der Waals surface area contributed by atoms with Gasteiger partial charge in [0.05, 0.1) is 17.6 Å². The SMILES string of the molecule is CC(C)(C)c1nn(-c2ccccc2)cc1S(=O)(=O)Nc1ccc(F)cc1. The van der Waals surface area contributed by atoms with E-state index in [-0.39, 0.29) is 4.90 Å². The van der Waals surface area contributed by atoms with Crippen molar-refractivity contribution in [1.29, 1.82) is 0 Å². The monoisotopic (exact) mass is 373 g/mol. The zero-order valence-corrected chi connectivity index (χ0v) is 15.6. The van der Waals surface area contributed by atoms with Gasteiger partial charge >= 0.3 is 0 Å². The van der Waals surface area contributed by atoms with Crippen molar-refractivity contribution in [3.05, 3.63) is 72.3 Å². The molecule has 0 aliphatic rings. The highest BCUT2D eigenvalue weighted by Gasteiger charge is 2.30. The lowest BCUT2D eigenvalue weighted by Gasteiger charge is -2.17. The molecule has 0 saturated carbocycles. The summed E-state index contributed by atoms with van der Waals surface area (Å²) in [4.78, 5) is 0.0955. The molecule has 0 bridgehead atoms. The summed E-state index contributed by atoms with van der Waals surface area (Å²) in [6.45, 7) is 5.71. The summed E-state index contributed by atoms with van der Waals surface area (Å²) < 4.78 is 43.0. The number of rotatable bonds is 4. The van der Waals surface area contributed by atoms with E-state index in [1.54, 1.807) is 4.68 Å². The Balaban J connectivity index is 2.07. The number of halogens is 1. The molecule has 0 spiro atoms. The fourth-order valence-corrected chi connectivity index (χ4v) is 3.91. The maximum absolute atomic E-state index is 13.1. The number of sulfonamides is 1. The number of para-hydroxylation sites is 1. The van der Waals surface area contributed by atoms with Crippen LogP contribution in [0.5, 0.6) is 0 Å². The second-order valence-electron chi connectivity index (χ2n) is 6.98. The molecule has 1 heterocycles. The standard InChI is InChI=1S/C19H20FN3O2S/c1-19(2,3)18-17(13-23(21-18)16-7-5-4-6-8-16)26(24,25)22-15-11-9-14(20)10-12-15/h4-13,22H,1-3H3. The highest BCUT2D eigenvalue weighted by Crippen LogP contribution is 2.30. The minimum absolute atomic E-state index is 0.0955. The van der Waals surface area contributed by atoms with Gasteiger partial charge in [-0.3, -0.25) is 4.72 Å². The Kier molecular flexibility index (Phi) is 4.58. The van der Waals surface area contributed by atoms with Crippen LogP contribution in [0.2, 0.25) is 0 Å². The maximum Gasteiger partial charge on any atom is 0.265 e. The molecular weight excluding hydrogens is 353 g/mol. The molecule has 0 fully saturated rings. The average molecular weight is 373 g/mol. The third-order valence-electron chi connectivity index (χ3n) is 3.80. The van der Waals surface area contributed by atoms with Crippen molar-refractivity contribution in [3.8, 4) is 5.69 Å². The van der Waals surface area contributed by atoms with Crippen LogP contribution in [0.15, 0.2) is 65.7 Å². The van der Waals surface area contributed by atoms with Crippen molar-refractivity contribution >= 4 is 15.7 Å². The van der Waals surface area contributed by atoms with E-state index in [2.05, 4.69) is 9.82 Å². The normalized spacial score (nSPS) is 12.2. The third-order valence-corrected chi connectivity index (χ3v) is 5.18. The number of nitrogens with one attached hydrogen (secondary N) is 1. The third kappa shape index (κ3) is 3.77. The summed E-state index contributed by atoms with van der Waals surface area (Å²) in [5.74, 6) is -0.430. The summed E-state index contributed by atoms with van der Waals surface area (Å²) in [6.07, 6.45) is 1.50. The number of hydrogen-bond donors (Lipinski definition) is 1. The van der Waals surface area contributed by atoms with Crippen LogP contribution < -0.4 is 4.72 Å². The van der Waals surface area contributed by atoms with Gasteiger partial charge in [-0.1, -0.05) is 39.0 Å². The Morgan fingerprint density at radius 2 is 1.62 bits per heavy atom. The van der Waals surface area contributed by atoms with Crippen molar-refractivity contribution in [1.82, 2.24) is 9.78 Å². The summed E-state index contributed by atoms with van der Waals surface area (Å²) in [6, 6.07) is 14.5. The van der Waals surface area contributed by atoms with E-state index >= 15 is 0 Å². The lowest BCUT2D eigenvalue weighted by Crippen LogP contribution is -2.20. The van der Waals surface area contributed by atoms with Crippen LogP contribution in [0.4, 0.5) is 10.1 Å². The summed E-state index contributed by atoms with van der Waals surface area (Å²) in [7, 11) is -3.88. The van der Waals surface area contributed by atoms with Gasteiger partial charge in [-0.05, 0) is 36.4 Å². The van der Waals surface area contributed by atoms with Crippen LogP contribution in [0.3, 0.4) is 0 Å². The Bertz CT molecular complexity index is 1010. The first kappa shape index (κ1) is 18.1. The van der Waals surface area contributed by atoms with Crippen LogP contribution >= 0.6 is 0 Å². The van der Waals surface area contributed by atoms with Gasteiger partial charge in [0.15, 0.2) is 0 Å². The van der Waals surface area contributed by atoms with E-state index in [1.165, 1.54) is 30.5 Å².